The highest BCUT2D eigenvalue weighted by atomic mass is 32.2. The number of aryl methyl sites for hydroxylation is 1. The molecule has 0 aliphatic carbocycles. The molecule has 0 aliphatic rings. The molecular formula is C18H19N5S4. The van der Waals surface area contributed by atoms with Crippen molar-refractivity contribution >= 4 is 56.4 Å². The van der Waals surface area contributed by atoms with Gasteiger partial charge in [0.05, 0.1) is 26.7 Å². The van der Waals surface area contributed by atoms with E-state index in [2.05, 4.69) is 62.2 Å². The molecule has 0 atom stereocenters. The van der Waals surface area contributed by atoms with Crippen molar-refractivity contribution in [3.63, 3.8) is 0 Å². The van der Waals surface area contributed by atoms with E-state index < -0.39 is 0 Å². The van der Waals surface area contributed by atoms with Gasteiger partial charge in [-0.2, -0.15) is 0 Å². The Morgan fingerprint density at radius 2 is 1.93 bits per heavy atom. The van der Waals surface area contributed by atoms with Crippen LogP contribution in [-0.4, -0.2) is 24.7 Å². The molecule has 0 bridgehead atoms. The molecule has 4 rings (SSSR count). The molecule has 27 heavy (non-hydrogen) atoms. The number of nitrogens with zero attached hydrogens (tertiary/aromatic N) is 5. The van der Waals surface area contributed by atoms with E-state index in [1.54, 1.807) is 46.2 Å². The lowest BCUT2D eigenvalue weighted by molar-refractivity contribution is 0.659. The highest BCUT2D eigenvalue weighted by molar-refractivity contribution is 8.00. The van der Waals surface area contributed by atoms with Gasteiger partial charge in [-0.25, -0.2) is 9.97 Å². The van der Waals surface area contributed by atoms with Crippen LogP contribution < -0.4 is 0 Å². The van der Waals surface area contributed by atoms with Crippen molar-refractivity contribution in [2.45, 2.75) is 47.8 Å². The molecule has 0 fully saturated rings. The number of hydrogen-bond acceptors (Lipinski definition) is 8. The van der Waals surface area contributed by atoms with Crippen LogP contribution in [0.4, 0.5) is 0 Å². The number of rotatable bonds is 8. The van der Waals surface area contributed by atoms with E-state index in [0.717, 1.165) is 51.0 Å². The SMILES string of the molecule is CCc1nc(CSc2nnc(CSc3nc4ccccc4s3)n2CC)cs1. The zero-order valence-electron chi connectivity index (χ0n) is 15.1. The Labute approximate surface area is 174 Å². The van der Waals surface area contributed by atoms with Crippen LogP contribution in [-0.2, 0) is 24.5 Å². The Morgan fingerprint density at radius 3 is 2.70 bits per heavy atom. The van der Waals surface area contributed by atoms with Gasteiger partial charge in [0.15, 0.2) is 9.50 Å². The molecule has 0 radical (unpaired) electrons. The standard InChI is InChI=1S/C18H19N5S4/c1-3-16-19-12(9-24-16)10-25-17-22-21-15(23(17)4-2)11-26-18-20-13-7-5-6-8-14(13)27-18/h5-9H,3-4,10-11H2,1-2H3. The van der Waals surface area contributed by atoms with Crippen molar-refractivity contribution in [1.29, 1.82) is 0 Å². The first-order valence-corrected chi connectivity index (χ1v) is 12.4. The summed E-state index contributed by atoms with van der Waals surface area (Å²) in [6.45, 7) is 5.14. The number of fused-ring (bicyclic) bond motifs is 1. The van der Waals surface area contributed by atoms with Crippen LogP contribution in [0, 0.1) is 0 Å². The highest BCUT2D eigenvalue weighted by Crippen LogP contribution is 2.32. The number of thioether (sulfide) groups is 2. The smallest absolute Gasteiger partial charge is 0.191 e. The molecule has 0 saturated heterocycles. The third-order valence-electron chi connectivity index (χ3n) is 3.96. The second-order valence-corrected chi connectivity index (χ2v) is 9.89. The number of para-hydroxylation sites is 1. The van der Waals surface area contributed by atoms with Crippen molar-refractivity contribution in [3.8, 4) is 0 Å². The predicted octanol–water partition coefficient (Wildman–Crippen LogP) is 5.51. The molecule has 0 spiro atoms. The maximum absolute atomic E-state index is 4.69. The predicted molar refractivity (Wildman–Crippen MR) is 116 cm³/mol. The van der Waals surface area contributed by atoms with E-state index in [9.17, 15) is 0 Å². The minimum absolute atomic E-state index is 0.776. The Kier molecular flexibility index (Phi) is 6.11. The normalized spacial score (nSPS) is 11.5. The molecular weight excluding hydrogens is 415 g/mol. The second kappa shape index (κ2) is 8.72. The van der Waals surface area contributed by atoms with Crippen molar-refractivity contribution in [3.05, 3.63) is 46.2 Å². The molecule has 0 N–H and O–H groups in total. The Morgan fingerprint density at radius 1 is 1.04 bits per heavy atom. The monoisotopic (exact) mass is 433 g/mol. The third-order valence-corrected chi connectivity index (χ3v) is 8.18. The van der Waals surface area contributed by atoms with Crippen LogP contribution in [0.5, 0.6) is 0 Å². The van der Waals surface area contributed by atoms with Crippen molar-refractivity contribution in [2.24, 2.45) is 0 Å². The van der Waals surface area contributed by atoms with Gasteiger partial charge < -0.3 is 4.57 Å². The average Bonchev–Trinajstić information content (AvgIpc) is 3.41. The van der Waals surface area contributed by atoms with E-state index in [-0.39, 0.29) is 0 Å². The molecule has 4 aromatic rings. The van der Waals surface area contributed by atoms with Crippen LogP contribution in [0.3, 0.4) is 0 Å². The van der Waals surface area contributed by atoms with E-state index in [1.165, 1.54) is 9.71 Å². The van der Waals surface area contributed by atoms with Crippen molar-refractivity contribution in [2.75, 3.05) is 0 Å². The van der Waals surface area contributed by atoms with E-state index in [1.807, 2.05) is 6.07 Å². The fourth-order valence-electron chi connectivity index (χ4n) is 2.61. The molecule has 0 amide bonds. The van der Waals surface area contributed by atoms with Crippen molar-refractivity contribution < 1.29 is 0 Å². The zero-order valence-corrected chi connectivity index (χ0v) is 18.4. The van der Waals surface area contributed by atoms with E-state index in [4.69, 9.17) is 0 Å². The van der Waals surface area contributed by atoms with Crippen molar-refractivity contribution in [1.82, 2.24) is 24.7 Å². The first-order valence-electron chi connectivity index (χ1n) is 8.73. The largest absolute Gasteiger partial charge is 0.306 e. The summed E-state index contributed by atoms with van der Waals surface area (Å²) in [7, 11) is 0. The summed E-state index contributed by atoms with van der Waals surface area (Å²) >= 11 is 6.89. The summed E-state index contributed by atoms with van der Waals surface area (Å²) in [5, 5.41) is 13.1. The second-order valence-electron chi connectivity index (χ2n) is 5.75. The molecule has 3 heterocycles. The van der Waals surface area contributed by atoms with Gasteiger partial charge in [-0.1, -0.05) is 42.6 Å². The first-order chi connectivity index (χ1) is 13.3. The van der Waals surface area contributed by atoms with Gasteiger partial charge in [0.2, 0.25) is 0 Å². The zero-order chi connectivity index (χ0) is 18.6. The maximum Gasteiger partial charge on any atom is 0.191 e. The van der Waals surface area contributed by atoms with Gasteiger partial charge in [-0.3, -0.25) is 0 Å². The van der Waals surface area contributed by atoms with Crippen LogP contribution in [0.15, 0.2) is 39.1 Å². The lowest BCUT2D eigenvalue weighted by Crippen LogP contribution is -2.02. The van der Waals surface area contributed by atoms with E-state index in [0.29, 0.717) is 0 Å². The van der Waals surface area contributed by atoms with E-state index >= 15 is 0 Å². The quantitative estimate of drug-likeness (QED) is 0.341. The highest BCUT2D eigenvalue weighted by Gasteiger charge is 2.14. The minimum Gasteiger partial charge on any atom is -0.306 e. The molecule has 9 heteroatoms. The maximum atomic E-state index is 4.69. The Balaban J connectivity index is 1.42. The van der Waals surface area contributed by atoms with Gasteiger partial charge in [0.1, 0.15) is 5.82 Å². The summed E-state index contributed by atoms with van der Waals surface area (Å²) in [4.78, 5) is 9.32. The fraction of sp³-hybridized carbons (Fsp3) is 0.333. The average molecular weight is 434 g/mol. The minimum atomic E-state index is 0.776. The Hall–Kier alpha value is -1.42. The summed E-state index contributed by atoms with van der Waals surface area (Å²) < 4.78 is 4.49. The summed E-state index contributed by atoms with van der Waals surface area (Å²) in [5.41, 5.74) is 2.19. The van der Waals surface area contributed by atoms with Crippen LogP contribution in [0.2, 0.25) is 0 Å². The van der Waals surface area contributed by atoms with Crippen LogP contribution in [0.1, 0.15) is 30.4 Å². The lowest BCUT2D eigenvalue weighted by Gasteiger charge is -2.05. The van der Waals surface area contributed by atoms with Crippen LogP contribution in [0.25, 0.3) is 10.2 Å². The molecule has 0 unspecified atom stereocenters. The number of benzene rings is 1. The molecule has 140 valence electrons. The van der Waals surface area contributed by atoms with Gasteiger partial charge >= 0.3 is 0 Å². The fourth-order valence-corrected chi connectivity index (χ4v) is 6.38. The first kappa shape index (κ1) is 18.9. The van der Waals surface area contributed by atoms with Gasteiger partial charge in [0, 0.05) is 17.7 Å². The molecule has 0 aliphatic heterocycles. The summed E-state index contributed by atoms with van der Waals surface area (Å²) in [6.07, 6.45) is 0.994. The molecule has 5 nitrogen and oxygen atoms in total. The topological polar surface area (TPSA) is 56.5 Å². The summed E-state index contributed by atoms with van der Waals surface area (Å²) in [5.74, 6) is 2.61. The van der Waals surface area contributed by atoms with Crippen LogP contribution >= 0.6 is 46.2 Å². The Bertz CT molecular complexity index is 1000. The third kappa shape index (κ3) is 4.37. The number of thiazole rings is 2. The number of hydrogen-bond donors (Lipinski definition) is 0. The lowest BCUT2D eigenvalue weighted by atomic mass is 10.3. The van der Waals surface area contributed by atoms with Gasteiger partial charge in [-0.05, 0) is 25.5 Å². The molecule has 3 aromatic heterocycles. The number of aromatic nitrogens is 5. The van der Waals surface area contributed by atoms with Gasteiger partial charge in [0.25, 0.3) is 0 Å². The molecule has 1 aromatic carbocycles. The summed E-state index contributed by atoms with van der Waals surface area (Å²) in [6, 6.07) is 8.25. The molecule has 0 saturated carbocycles. The van der Waals surface area contributed by atoms with Gasteiger partial charge in [-0.15, -0.1) is 32.9 Å².